The first-order chi connectivity index (χ1) is 6.42. The van der Waals surface area contributed by atoms with Crippen molar-refractivity contribution in [3.63, 3.8) is 0 Å². The van der Waals surface area contributed by atoms with Gasteiger partial charge in [-0.2, -0.15) is 4.68 Å². The Morgan fingerprint density at radius 3 is 2.85 bits per heavy atom. The van der Waals surface area contributed by atoms with Crippen molar-refractivity contribution >= 4 is 11.8 Å². The van der Waals surface area contributed by atoms with E-state index >= 15 is 0 Å². The smallest absolute Gasteiger partial charge is 0.143 e. The second-order valence-electron chi connectivity index (χ2n) is 2.43. The van der Waals surface area contributed by atoms with Crippen LogP contribution in [0.5, 0.6) is 0 Å². The highest BCUT2D eigenvalue weighted by Crippen LogP contribution is 2.21. The van der Waals surface area contributed by atoms with Gasteiger partial charge in [0, 0.05) is 4.90 Å². The quantitative estimate of drug-likeness (QED) is 0.674. The number of para-hydroxylation sites is 1. The standard InChI is InChI=1S/C8H8N4S/c1-13-8-5-3-2-4-7(8)12-6-9-10-11-12/h2-6H,1H3. The molecule has 2 rings (SSSR count). The number of benzene rings is 1. The molecule has 0 aliphatic carbocycles. The van der Waals surface area contributed by atoms with Crippen LogP contribution in [-0.4, -0.2) is 26.5 Å². The first kappa shape index (κ1) is 8.25. The van der Waals surface area contributed by atoms with E-state index in [4.69, 9.17) is 0 Å². The molecule has 0 saturated carbocycles. The predicted octanol–water partition coefficient (Wildman–Crippen LogP) is 1.38. The molecular formula is C8H8N4S. The molecule has 1 aromatic carbocycles. The predicted molar refractivity (Wildman–Crippen MR) is 50.9 cm³/mol. The van der Waals surface area contributed by atoms with Crippen molar-refractivity contribution in [1.82, 2.24) is 20.2 Å². The molecule has 66 valence electrons. The monoisotopic (exact) mass is 192 g/mol. The van der Waals surface area contributed by atoms with Crippen LogP contribution >= 0.6 is 11.8 Å². The van der Waals surface area contributed by atoms with E-state index in [1.54, 1.807) is 22.8 Å². The van der Waals surface area contributed by atoms with Gasteiger partial charge in [0.25, 0.3) is 0 Å². The van der Waals surface area contributed by atoms with Crippen molar-refractivity contribution in [2.45, 2.75) is 4.90 Å². The molecule has 13 heavy (non-hydrogen) atoms. The fraction of sp³-hybridized carbons (Fsp3) is 0.125. The van der Waals surface area contributed by atoms with Crippen LogP contribution in [0.25, 0.3) is 5.69 Å². The lowest BCUT2D eigenvalue weighted by molar-refractivity contribution is 0.779. The van der Waals surface area contributed by atoms with Crippen molar-refractivity contribution in [1.29, 1.82) is 0 Å². The molecule has 1 heterocycles. The minimum atomic E-state index is 1.01. The molecule has 0 spiro atoms. The maximum absolute atomic E-state index is 3.84. The van der Waals surface area contributed by atoms with E-state index in [0.29, 0.717) is 0 Å². The Hall–Kier alpha value is -1.36. The molecule has 0 aliphatic heterocycles. The molecule has 0 aliphatic rings. The van der Waals surface area contributed by atoms with Gasteiger partial charge in [-0.3, -0.25) is 0 Å². The molecule has 0 bridgehead atoms. The van der Waals surface area contributed by atoms with Crippen LogP contribution in [0.3, 0.4) is 0 Å². The fourth-order valence-corrected chi connectivity index (χ4v) is 1.68. The van der Waals surface area contributed by atoms with Crippen molar-refractivity contribution in [2.75, 3.05) is 6.26 Å². The first-order valence-corrected chi connectivity index (χ1v) is 5.00. The summed E-state index contributed by atoms with van der Waals surface area (Å²) < 4.78 is 1.66. The second kappa shape index (κ2) is 3.57. The van der Waals surface area contributed by atoms with Gasteiger partial charge in [-0.05, 0) is 28.8 Å². The summed E-state index contributed by atoms with van der Waals surface area (Å²) in [5.74, 6) is 0. The van der Waals surface area contributed by atoms with Crippen LogP contribution in [0.4, 0.5) is 0 Å². The highest BCUT2D eigenvalue weighted by atomic mass is 32.2. The average Bonchev–Trinajstić information content (AvgIpc) is 2.70. The molecule has 0 N–H and O–H groups in total. The Morgan fingerprint density at radius 1 is 1.31 bits per heavy atom. The molecule has 0 amide bonds. The van der Waals surface area contributed by atoms with Crippen molar-refractivity contribution in [3.8, 4) is 5.69 Å². The van der Waals surface area contributed by atoms with E-state index in [1.807, 2.05) is 30.5 Å². The van der Waals surface area contributed by atoms with E-state index in [0.717, 1.165) is 10.6 Å². The summed E-state index contributed by atoms with van der Waals surface area (Å²) in [5, 5.41) is 11.0. The molecule has 4 nitrogen and oxygen atoms in total. The minimum absolute atomic E-state index is 1.01. The van der Waals surface area contributed by atoms with Gasteiger partial charge in [-0.15, -0.1) is 16.9 Å². The lowest BCUT2D eigenvalue weighted by Crippen LogP contribution is -1.96. The third kappa shape index (κ3) is 1.55. The molecule has 5 heteroatoms. The summed E-state index contributed by atoms with van der Waals surface area (Å²) in [6.45, 7) is 0. The first-order valence-electron chi connectivity index (χ1n) is 3.78. The van der Waals surface area contributed by atoms with E-state index in [-0.39, 0.29) is 0 Å². The molecule has 2 aromatic rings. The van der Waals surface area contributed by atoms with Gasteiger partial charge in [0.2, 0.25) is 0 Å². The topological polar surface area (TPSA) is 43.6 Å². The zero-order chi connectivity index (χ0) is 9.10. The second-order valence-corrected chi connectivity index (χ2v) is 3.27. The number of tetrazole rings is 1. The molecule has 0 radical (unpaired) electrons. The van der Waals surface area contributed by atoms with E-state index in [9.17, 15) is 0 Å². The Kier molecular flexibility index (Phi) is 2.27. The maximum Gasteiger partial charge on any atom is 0.143 e. The highest BCUT2D eigenvalue weighted by Gasteiger charge is 2.02. The Morgan fingerprint density at radius 2 is 2.15 bits per heavy atom. The van der Waals surface area contributed by atoms with Gasteiger partial charge in [0.1, 0.15) is 6.33 Å². The van der Waals surface area contributed by atoms with Gasteiger partial charge in [-0.25, -0.2) is 0 Å². The number of hydrogen-bond acceptors (Lipinski definition) is 4. The zero-order valence-electron chi connectivity index (χ0n) is 7.08. The summed E-state index contributed by atoms with van der Waals surface area (Å²) in [5.41, 5.74) is 1.01. The molecule has 0 fully saturated rings. The van der Waals surface area contributed by atoms with Gasteiger partial charge in [0.05, 0.1) is 5.69 Å². The lowest BCUT2D eigenvalue weighted by Gasteiger charge is -2.03. The fourth-order valence-electron chi connectivity index (χ4n) is 1.09. The van der Waals surface area contributed by atoms with Gasteiger partial charge in [0.15, 0.2) is 0 Å². The van der Waals surface area contributed by atoms with E-state index < -0.39 is 0 Å². The Labute approximate surface area is 80.0 Å². The van der Waals surface area contributed by atoms with Crippen LogP contribution in [0.15, 0.2) is 35.5 Å². The average molecular weight is 192 g/mol. The van der Waals surface area contributed by atoms with Crippen LogP contribution in [0.1, 0.15) is 0 Å². The number of nitrogens with zero attached hydrogens (tertiary/aromatic N) is 4. The molecule has 0 unspecified atom stereocenters. The Balaban J connectivity index is 2.51. The number of hydrogen-bond donors (Lipinski definition) is 0. The molecular weight excluding hydrogens is 184 g/mol. The lowest BCUT2D eigenvalue weighted by atomic mass is 10.3. The van der Waals surface area contributed by atoms with Crippen LogP contribution in [0, 0.1) is 0 Å². The van der Waals surface area contributed by atoms with Crippen molar-refractivity contribution in [2.24, 2.45) is 0 Å². The van der Waals surface area contributed by atoms with E-state index in [2.05, 4.69) is 15.5 Å². The summed E-state index contributed by atoms with van der Waals surface area (Å²) >= 11 is 1.68. The molecule has 0 atom stereocenters. The number of aromatic nitrogens is 4. The normalized spacial score (nSPS) is 10.2. The van der Waals surface area contributed by atoms with E-state index in [1.165, 1.54) is 0 Å². The third-order valence-electron chi connectivity index (χ3n) is 1.68. The highest BCUT2D eigenvalue weighted by molar-refractivity contribution is 7.98. The number of rotatable bonds is 2. The third-order valence-corrected chi connectivity index (χ3v) is 2.47. The summed E-state index contributed by atoms with van der Waals surface area (Å²) in [4.78, 5) is 1.16. The van der Waals surface area contributed by atoms with Crippen LogP contribution < -0.4 is 0 Å². The van der Waals surface area contributed by atoms with Gasteiger partial charge < -0.3 is 0 Å². The molecule has 0 saturated heterocycles. The SMILES string of the molecule is CSc1ccccc1-n1cnnn1. The number of thioether (sulfide) groups is 1. The summed E-state index contributed by atoms with van der Waals surface area (Å²) in [7, 11) is 0. The van der Waals surface area contributed by atoms with Gasteiger partial charge >= 0.3 is 0 Å². The summed E-state index contributed by atoms with van der Waals surface area (Å²) in [6.07, 6.45) is 3.62. The summed E-state index contributed by atoms with van der Waals surface area (Å²) in [6, 6.07) is 8.00. The molecule has 1 aromatic heterocycles. The maximum atomic E-state index is 3.84. The largest absolute Gasteiger partial charge is 0.199 e. The minimum Gasteiger partial charge on any atom is -0.199 e. The van der Waals surface area contributed by atoms with Crippen LogP contribution in [0.2, 0.25) is 0 Å². The van der Waals surface area contributed by atoms with Crippen LogP contribution in [-0.2, 0) is 0 Å². The van der Waals surface area contributed by atoms with Crippen molar-refractivity contribution in [3.05, 3.63) is 30.6 Å². The zero-order valence-corrected chi connectivity index (χ0v) is 7.90. The van der Waals surface area contributed by atoms with Crippen molar-refractivity contribution < 1.29 is 0 Å². The van der Waals surface area contributed by atoms with Gasteiger partial charge in [-0.1, -0.05) is 12.1 Å². The Bertz CT molecular complexity index is 385.